The predicted octanol–water partition coefficient (Wildman–Crippen LogP) is 2.61. The van der Waals surface area contributed by atoms with E-state index in [2.05, 4.69) is 16.9 Å². The summed E-state index contributed by atoms with van der Waals surface area (Å²) in [6, 6.07) is 11.9. The van der Waals surface area contributed by atoms with Gasteiger partial charge >= 0.3 is 0 Å². The van der Waals surface area contributed by atoms with Crippen molar-refractivity contribution in [3.05, 3.63) is 53.3 Å². The molecule has 0 atom stereocenters. The molecule has 0 fully saturated rings. The molecule has 2 aromatic rings. The van der Waals surface area contributed by atoms with Crippen LogP contribution in [0.2, 0.25) is 0 Å². The SMILES string of the molecule is COc1cc(N)ccc1CN(C)Cc1cccc(C)n1. The van der Waals surface area contributed by atoms with Crippen molar-refractivity contribution in [2.24, 2.45) is 0 Å². The molecular weight excluding hydrogens is 250 g/mol. The lowest BCUT2D eigenvalue weighted by atomic mass is 10.1. The number of rotatable bonds is 5. The molecule has 0 spiro atoms. The average Bonchev–Trinajstić information content (AvgIpc) is 2.40. The molecule has 0 unspecified atom stereocenters. The van der Waals surface area contributed by atoms with Gasteiger partial charge in [0.1, 0.15) is 5.75 Å². The Hall–Kier alpha value is -2.07. The van der Waals surface area contributed by atoms with Gasteiger partial charge < -0.3 is 10.5 Å². The van der Waals surface area contributed by atoms with E-state index in [9.17, 15) is 0 Å². The summed E-state index contributed by atoms with van der Waals surface area (Å²) >= 11 is 0. The molecule has 0 saturated carbocycles. The number of hydrogen-bond donors (Lipinski definition) is 1. The summed E-state index contributed by atoms with van der Waals surface area (Å²) in [5, 5.41) is 0. The molecule has 0 amide bonds. The van der Waals surface area contributed by atoms with Gasteiger partial charge in [-0.25, -0.2) is 0 Å². The minimum Gasteiger partial charge on any atom is -0.496 e. The van der Waals surface area contributed by atoms with Crippen molar-refractivity contribution in [2.75, 3.05) is 19.9 Å². The molecule has 1 heterocycles. The van der Waals surface area contributed by atoms with Crippen LogP contribution in [0.25, 0.3) is 0 Å². The van der Waals surface area contributed by atoms with Crippen molar-refractivity contribution in [2.45, 2.75) is 20.0 Å². The van der Waals surface area contributed by atoms with Crippen molar-refractivity contribution < 1.29 is 4.74 Å². The third-order valence-electron chi connectivity index (χ3n) is 3.13. The van der Waals surface area contributed by atoms with E-state index in [0.717, 1.165) is 35.8 Å². The van der Waals surface area contributed by atoms with Crippen LogP contribution in [0.15, 0.2) is 36.4 Å². The van der Waals surface area contributed by atoms with E-state index in [4.69, 9.17) is 10.5 Å². The first-order valence-corrected chi connectivity index (χ1v) is 6.62. The molecule has 20 heavy (non-hydrogen) atoms. The van der Waals surface area contributed by atoms with Crippen LogP contribution in [0.1, 0.15) is 17.0 Å². The minimum absolute atomic E-state index is 0.716. The maximum absolute atomic E-state index is 5.77. The van der Waals surface area contributed by atoms with Gasteiger partial charge in [-0.3, -0.25) is 9.88 Å². The zero-order valence-electron chi connectivity index (χ0n) is 12.3. The van der Waals surface area contributed by atoms with Crippen LogP contribution in [-0.4, -0.2) is 24.0 Å². The third kappa shape index (κ3) is 3.71. The molecule has 106 valence electrons. The summed E-state index contributed by atoms with van der Waals surface area (Å²) in [7, 11) is 3.74. The summed E-state index contributed by atoms with van der Waals surface area (Å²) in [5.74, 6) is 0.828. The van der Waals surface area contributed by atoms with Crippen LogP contribution in [0.4, 0.5) is 5.69 Å². The molecule has 0 saturated heterocycles. The Bertz CT molecular complexity index is 584. The summed E-state index contributed by atoms with van der Waals surface area (Å²) in [5.41, 5.74) is 9.72. The lowest BCUT2D eigenvalue weighted by Gasteiger charge is -2.18. The van der Waals surface area contributed by atoms with Crippen molar-refractivity contribution in [1.29, 1.82) is 0 Å². The Labute approximate surface area is 120 Å². The minimum atomic E-state index is 0.716. The lowest BCUT2D eigenvalue weighted by molar-refractivity contribution is 0.306. The second-order valence-electron chi connectivity index (χ2n) is 5.01. The van der Waals surface area contributed by atoms with Crippen molar-refractivity contribution in [3.8, 4) is 5.75 Å². The van der Waals surface area contributed by atoms with Gasteiger partial charge in [0.05, 0.1) is 12.8 Å². The second-order valence-corrected chi connectivity index (χ2v) is 5.01. The largest absolute Gasteiger partial charge is 0.496 e. The fourth-order valence-electron chi connectivity index (χ4n) is 2.20. The molecule has 0 bridgehead atoms. The number of aryl methyl sites for hydroxylation is 1. The van der Waals surface area contributed by atoms with Gasteiger partial charge in [-0.15, -0.1) is 0 Å². The van der Waals surface area contributed by atoms with Crippen molar-refractivity contribution in [3.63, 3.8) is 0 Å². The number of pyridine rings is 1. The molecule has 0 aliphatic rings. The highest BCUT2D eigenvalue weighted by Crippen LogP contribution is 2.23. The van der Waals surface area contributed by atoms with Gasteiger partial charge in [0.25, 0.3) is 0 Å². The normalized spacial score (nSPS) is 10.8. The smallest absolute Gasteiger partial charge is 0.125 e. The number of nitrogens with two attached hydrogens (primary N) is 1. The Morgan fingerprint density at radius 3 is 2.70 bits per heavy atom. The fourth-order valence-corrected chi connectivity index (χ4v) is 2.20. The van der Waals surface area contributed by atoms with Crippen molar-refractivity contribution >= 4 is 5.69 Å². The van der Waals surface area contributed by atoms with E-state index in [0.29, 0.717) is 5.69 Å². The fraction of sp³-hybridized carbons (Fsp3) is 0.312. The van der Waals surface area contributed by atoms with Gasteiger partial charge in [-0.1, -0.05) is 12.1 Å². The zero-order valence-corrected chi connectivity index (χ0v) is 12.3. The van der Waals surface area contributed by atoms with Crippen LogP contribution in [0.3, 0.4) is 0 Å². The number of aromatic nitrogens is 1. The lowest BCUT2D eigenvalue weighted by Crippen LogP contribution is -2.18. The highest BCUT2D eigenvalue weighted by molar-refractivity contribution is 5.48. The predicted molar refractivity (Wildman–Crippen MR) is 81.6 cm³/mol. The average molecular weight is 271 g/mol. The van der Waals surface area contributed by atoms with Crippen LogP contribution >= 0.6 is 0 Å². The zero-order chi connectivity index (χ0) is 14.5. The first kappa shape index (κ1) is 14.3. The Morgan fingerprint density at radius 2 is 2.00 bits per heavy atom. The molecular formula is C16H21N3O. The number of methoxy groups -OCH3 is 1. The Kier molecular flexibility index (Phi) is 4.58. The summed E-state index contributed by atoms with van der Waals surface area (Å²) < 4.78 is 5.37. The number of benzene rings is 1. The molecule has 4 heteroatoms. The maximum Gasteiger partial charge on any atom is 0.125 e. The standard InChI is InChI=1S/C16H21N3O/c1-12-5-4-6-15(18-12)11-19(2)10-13-7-8-14(17)9-16(13)20-3/h4-9H,10-11,17H2,1-3H3. The molecule has 0 aliphatic heterocycles. The van der Waals surface area contributed by atoms with Crippen LogP contribution < -0.4 is 10.5 Å². The third-order valence-corrected chi connectivity index (χ3v) is 3.13. The van der Waals surface area contributed by atoms with E-state index in [1.54, 1.807) is 7.11 Å². The van der Waals surface area contributed by atoms with Gasteiger partial charge in [0, 0.05) is 36.1 Å². The van der Waals surface area contributed by atoms with Crippen LogP contribution in [0, 0.1) is 6.92 Å². The van der Waals surface area contributed by atoms with E-state index in [1.807, 2.05) is 43.3 Å². The first-order chi connectivity index (χ1) is 9.58. The Balaban J connectivity index is 2.06. The van der Waals surface area contributed by atoms with Gasteiger partial charge in [-0.2, -0.15) is 0 Å². The number of nitrogen functional groups attached to an aromatic ring is 1. The molecule has 1 aromatic heterocycles. The quantitative estimate of drug-likeness (QED) is 0.849. The highest BCUT2D eigenvalue weighted by atomic mass is 16.5. The number of ether oxygens (including phenoxy) is 1. The Morgan fingerprint density at radius 1 is 1.20 bits per heavy atom. The second kappa shape index (κ2) is 6.39. The molecule has 0 radical (unpaired) electrons. The number of hydrogen-bond acceptors (Lipinski definition) is 4. The monoisotopic (exact) mass is 271 g/mol. The maximum atomic E-state index is 5.77. The topological polar surface area (TPSA) is 51.4 Å². The van der Waals surface area contributed by atoms with E-state index >= 15 is 0 Å². The molecule has 4 nitrogen and oxygen atoms in total. The van der Waals surface area contributed by atoms with Gasteiger partial charge in [0.2, 0.25) is 0 Å². The van der Waals surface area contributed by atoms with Crippen molar-refractivity contribution in [1.82, 2.24) is 9.88 Å². The number of nitrogens with zero attached hydrogens (tertiary/aromatic N) is 2. The van der Waals surface area contributed by atoms with E-state index in [-0.39, 0.29) is 0 Å². The van der Waals surface area contributed by atoms with E-state index in [1.165, 1.54) is 0 Å². The van der Waals surface area contributed by atoms with Gasteiger partial charge in [-0.05, 0) is 32.2 Å². The molecule has 2 rings (SSSR count). The molecule has 0 aliphatic carbocycles. The molecule has 1 aromatic carbocycles. The highest BCUT2D eigenvalue weighted by Gasteiger charge is 2.08. The van der Waals surface area contributed by atoms with Gasteiger partial charge in [0.15, 0.2) is 0 Å². The summed E-state index contributed by atoms with van der Waals surface area (Å²) in [6.45, 7) is 3.60. The summed E-state index contributed by atoms with van der Waals surface area (Å²) in [4.78, 5) is 6.72. The van der Waals surface area contributed by atoms with Crippen LogP contribution in [-0.2, 0) is 13.1 Å². The van der Waals surface area contributed by atoms with E-state index < -0.39 is 0 Å². The molecule has 2 N–H and O–H groups in total. The summed E-state index contributed by atoms with van der Waals surface area (Å²) in [6.07, 6.45) is 0. The van der Waals surface area contributed by atoms with Crippen LogP contribution in [0.5, 0.6) is 5.75 Å². The first-order valence-electron chi connectivity index (χ1n) is 6.62. The number of anilines is 1.